The molecule has 16 heteroatoms. The smallest absolute Gasteiger partial charge is 0.185 e. The molecule has 2 saturated heterocycles. The van der Waals surface area contributed by atoms with Crippen molar-refractivity contribution in [3.05, 3.63) is 0 Å². The zero-order chi connectivity index (χ0) is 29.6. The fraction of sp³-hybridized carbons (Fsp3) is 0.958. The quantitative estimate of drug-likeness (QED) is 0.0590. The Kier molecular flexibility index (Phi) is 12.4. The molecule has 2 aliphatic heterocycles. The second-order valence-electron chi connectivity index (χ2n) is 11.0. The van der Waals surface area contributed by atoms with E-state index in [-0.39, 0.29) is 38.1 Å². The number of likely N-dealkylation sites (N-methyl/N-ethyl adjacent to an activating group) is 1. The minimum absolute atomic E-state index is 0.115. The molecule has 0 amide bonds. The Balaban J connectivity index is 1.81. The molecule has 3 rings (SSSR count). The van der Waals surface area contributed by atoms with E-state index in [1.54, 1.807) is 7.05 Å². The largest absolute Gasteiger partial charge is 0.388 e. The SMILES string of the molecule is CN[C@@H]1[C@@H](O)[C@@H](O[C@@H]2[C@@H](O)[C@H](O[C@H]3O[C@H](CNCCF)CC[C@H]3N)[C@@H](N)C[C@H]2N=C(N)C(O)CN)OC[C@]1(C)O. The van der Waals surface area contributed by atoms with E-state index in [1.807, 2.05) is 0 Å². The molecular formula is C24H48FN7O8. The van der Waals surface area contributed by atoms with E-state index in [9.17, 15) is 24.8 Å². The molecule has 1 saturated carbocycles. The van der Waals surface area contributed by atoms with Crippen molar-refractivity contribution >= 4 is 5.84 Å². The van der Waals surface area contributed by atoms with E-state index in [0.29, 0.717) is 19.4 Å². The van der Waals surface area contributed by atoms with Crippen LogP contribution in [0.15, 0.2) is 4.99 Å². The van der Waals surface area contributed by atoms with Gasteiger partial charge in [0.05, 0.1) is 30.8 Å². The minimum Gasteiger partial charge on any atom is -0.388 e. The molecule has 40 heavy (non-hydrogen) atoms. The summed E-state index contributed by atoms with van der Waals surface area (Å²) in [7, 11) is 1.58. The maximum Gasteiger partial charge on any atom is 0.185 e. The molecule has 0 aromatic heterocycles. The number of alkyl halides is 1. The molecule has 3 aliphatic rings. The highest BCUT2D eigenvalue weighted by molar-refractivity contribution is 5.85. The van der Waals surface area contributed by atoms with Crippen molar-refractivity contribution in [1.29, 1.82) is 0 Å². The normalized spacial score (nSPS) is 44.0. The summed E-state index contributed by atoms with van der Waals surface area (Å²) in [5.74, 6) is -0.165. The van der Waals surface area contributed by atoms with Crippen molar-refractivity contribution in [2.75, 3.05) is 40.0 Å². The van der Waals surface area contributed by atoms with Gasteiger partial charge in [0.1, 0.15) is 48.6 Å². The topological polar surface area (TPSA) is 258 Å². The van der Waals surface area contributed by atoms with Gasteiger partial charge in [0.2, 0.25) is 0 Å². The van der Waals surface area contributed by atoms with Gasteiger partial charge < -0.3 is 72.9 Å². The summed E-state index contributed by atoms with van der Waals surface area (Å²) in [5, 5.41) is 48.9. The Morgan fingerprint density at radius 1 is 1.15 bits per heavy atom. The number of aliphatic hydroxyl groups is 4. The minimum atomic E-state index is -1.41. The van der Waals surface area contributed by atoms with E-state index in [4.69, 9.17) is 41.9 Å². The first-order chi connectivity index (χ1) is 18.9. The molecule has 0 spiro atoms. The second kappa shape index (κ2) is 14.9. The summed E-state index contributed by atoms with van der Waals surface area (Å²) in [4.78, 5) is 4.34. The Morgan fingerprint density at radius 3 is 2.50 bits per heavy atom. The first-order valence-electron chi connectivity index (χ1n) is 13.8. The lowest BCUT2D eigenvalue weighted by Crippen LogP contribution is -2.67. The van der Waals surface area contributed by atoms with Crippen molar-refractivity contribution < 1.29 is 43.8 Å². The lowest BCUT2D eigenvalue weighted by Gasteiger charge is -2.48. The summed E-state index contributed by atoms with van der Waals surface area (Å²) in [6.07, 6.45) is -7.21. The van der Waals surface area contributed by atoms with Gasteiger partial charge in [0.25, 0.3) is 0 Å². The number of nitrogens with one attached hydrogen (secondary N) is 2. The van der Waals surface area contributed by atoms with Crippen molar-refractivity contribution in [2.45, 2.75) is 105 Å². The van der Waals surface area contributed by atoms with Crippen LogP contribution < -0.4 is 33.6 Å². The van der Waals surface area contributed by atoms with Gasteiger partial charge in [0.15, 0.2) is 12.6 Å². The average Bonchev–Trinajstić information content (AvgIpc) is 2.91. The van der Waals surface area contributed by atoms with Gasteiger partial charge in [-0.1, -0.05) is 0 Å². The van der Waals surface area contributed by atoms with E-state index in [0.717, 1.165) is 0 Å². The van der Waals surface area contributed by atoms with Crippen LogP contribution in [0.4, 0.5) is 4.39 Å². The van der Waals surface area contributed by atoms with Crippen LogP contribution in [0.3, 0.4) is 0 Å². The lowest BCUT2D eigenvalue weighted by atomic mass is 9.83. The Labute approximate surface area is 233 Å². The standard InChI is InChI=1S/C24H48FN7O8/c1-24(36)10-37-23(17(35)20(24)30-2)40-19-14(32-21(29)15(33)8-26)7-13(28)18(16(19)34)39-22-12(27)4-3-11(38-22)9-31-6-5-25/h11-20,22-23,30-31,33-36H,3-10,26-28H2,1-2H3,(H2,29,32)/t11-,12+,13-,14+,15?,16-,17+,18+,19-,20+,22+,23+,24-/m0/s1. The van der Waals surface area contributed by atoms with Gasteiger partial charge >= 0.3 is 0 Å². The third kappa shape index (κ3) is 8.03. The van der Waals surface area contributed by atoms with Crippen LogP contribution in [-0.4, -0.2) is 145 Å². The first-order valence-corrected chi connectivity index (χ1v) is 13.8. The molecule has 13 atom stereocenters. The van der Waals surface area contributed by atoms with Gasteiger partial charge in [-0.2, -0.15) is 0 Å². The van der Waals surface area contributed by atoms with Crippen molar-refractivity contribution in [3.8, 4) is 0 Å². The summed E-state index contributed by atoms with van der Waals surface area (Å²) in [5.41, 5.74) is 22.8. The monoisotopic (exact) mass is 581 g/mol. The van der Waals surface area contributed by atoms with E-state index < -0.39 is 79.5 Å². The van der Waals surface area contributed by atoms with Crippen LogP contribution in [0, 0.1) is 0 Å². The molecular weight excluding hydrogens is 533 g/mol. The van der Waals surface area contributed by atoms with Crippen LogP contribution >= 0.6 is 0 Å². The Bertz CT molecular complexity index is 817. The zero-order valence-electron chi connectivity index (χ0n) is 23.1. The molecule has 15 nitrogen and oxygen atoms in total. The summed E-state index contributed by atoms with van der Waals surface area (Å²) >= 11 is 0. The molecule has 2 heterocycles. The maximum atomic E-state index is 12.5. The predicted octanol–water partition coefficient (Wildman–Crippen LogP) is -4.66. The third-order valence-electron chi connectivity index (χ3n) is 7.73. The molecule has 3 fully saturated rings. The summed E-state index contributed by atoms with van der Waals surface area (Å²) in [6, 6.07) is -2.93. The molecule has 234 valence electrons. The van der Waals surface area contributed by atoms with Crippen LogP contribution in [0.25, 0.3) is 0 Å². The van der Waals surface area contributed by atoms with E-state index >= 15 is 0 Å². The number of hydrogen-bond acceptors (Lipinski definition) is 14. The number of nitrogens with two attached hydrogens (primary N) is 4. The first kappa shape index (κ1) is 33.4. The number of hydrogen-bond donors (Lipinski definition) is 10. The number of rotatable bonds is 12. The number of aliphatic hydroxyl groups excluding tert-OH is 3. The lowest BCUT2D eigenvalue weighted by molar-refractivity contribution is -0.306. The zero-order valence-corrected chi connectivity index (χ0v) is 23.1. The van der Waals surface area contributed by atoms with Gasteiger partial charge in [-0.3, -0.25) is 4.99 Å². The highest BCUT2D eigenvalue weighted by atomic mass is 19.1. The fourth-order valence-corrected chi connectivity index (χ4v) is 5.45. The summed E-state index contributed by atoms with van der Waals surface area (Å²) < 4.78 is 36.3. The van der Waals surface area contributed by atoms with E-state index in [1.165, 1.54) is 6.92 Å². The van der Waals surface area contributed by atoms with Crippen LogP contribution in [0.1, 0.15) is 26.2 Å². The number of nitrogens with zero attached hydrogens (tertiary/aromatic N) is 1. The number of amidine groups is 1. The van der Waals surface area contributed by atoms with Crippen LogP contribution in [0.2, 0.25) is 0 Å². The molecule has 1 aliphatic carbocycles. The number of ether oxygens (including phenoxy) is 4. The fourth-order valence-electron chi connectivity index (χ4n) is 5.45. The van der Waals surface area contributed by atoms with E-state index in [2.05, 4.69) is 15.6 Å². The Hall–Kier alpha value is -1.12. The number of aliphatic imine (C=N–C) groups is 1. The molecule has 0 aromatic carbocycles. The van der Waals surface area contributed by atoms with Crippen LogP contribution in [-0.2, 0) is 18.9 Å². The van der Waals surface area contributed by atoms with Gasteiger partial charge in [-0.25, -0.2) is 4.39 Å². The van der Waals surface area contributed by atoms with Gasteiger partial charge in [-0.15, -0.1) is 0 Å². The average molecular weight is 582 g/mol. The highest BCUT2D eigenvalue weighted by Gasteiger charge is 2.51. The van der Waals surface area contributed by atoms with Crippen molar-refractivity contribution in [3.63, 3.8) is 0 Å². The molecule has 0 bridgehead atoms. The molecule has 0 aromatic rings. The molecule has 14 N–H and O–H groups in total. The summed E-state index contributed by atoms with van der Waals surface area (Å²) in [6.45, 7) is 1.29. The molecule has 1 unspecified atom stereocenters. The van der Waals surface area contributed by atoms with Crippen molar-refractivity contribution in [2.24, 2.45) is 27.9 Å². The maximum absolute atomic E-state index is 12.5. The van der Waals surface area contributed by atoms with Crippen LogP contribution in [0.5, 0.6) is 0 Å². The number of halogens is 1. The molecule has 0 radical (unpaired) electrons. The van der Waals surface area contributed by atoms with Gasteiger partial charge in [-0.05, 0) is 33.2 Å². The third-order valence-corrected chi connectivity index (χ3v) is 7.73. The predicted molar refractivity (Wildman–Crippen MR) is 143 cm³/mol. The van der Waals surface area contributed by atoms with Crippen molar-refractivity contribution in [1.82, 2.24) is 10.6 Å². The van der Waals surface area contributed by atoms with Gasteiger partial charge in [0, 0.05) is 25.7 Å². The second-order valence-corrected chi connectivity index (χ2v) is 11.0. The Morgan fingerprint density at radius 2 is 1.85 bits per heavy atom. The highest BCUT2D eigenvalue weighted by Crippen LogP contribution is 2.33.